The highest BCUT2D eigenvalue weighted by Gasteiger charge is 2.36. The number of thioether (sulfide) groups is 1. The van der Waals surface area contributed by atoms with Crippen LogP contribution in [-0.4, -0.2) is 4.98 Å². The van der Waals surface area contributed by atoms with Gasteiger partial charge in [0.25, 0.3) is 0 Å². The van der Waals surface area contributed by atoms with E-state index in [4.69, 9.17) is 27.9 Å². The van der Waals surface area contributed by atoms with Crippen LogP contribution in [0.4, 0.5) is 17.6 Å². The number of halogens is 6. The molecule has 0 aliphatic rings. The molecule has 0 N–H and O–H groups in total. The molecule has 0 aliphatic carbocycles. The smallest absolute Gasteiger partial charge is 0.417 e. The van der Waals surface area contributed by atoms with Crippen LogP contribution in [0.5, 0.6) is 5.75 Å². The number of aromatic nitrogens is 1. The van der Waals surface area contributed by atoms with Crippen molar-refractivity contribution in [3.05, 3.63) is 111 Å². The number of alkyl halides is 3. The van der Waals surface area contributed by atoms with E-state index in [2.05, 4.69) is 4.98 Å². The van der Waals surface area contributed by atoms with E-state index in [1.54, 1.807) is 54.6 Å². The number of hydrogen-bond donors (Lipinski definition) is 0. The molecule has 0 unspecified atom stereocenters. The quantitative estimate of drug-likeness (QED) is 0.166. The molecule has 4 aromatic rings. The Morgan fingerprint density at radius 1 is 0.946 bits per heavy atom. The van der Waals surface area contributed by atoms with E-state index in [0.29, 0.717) is 26.9 Å². The monoisotopic (exact) mass is 562 g/mol. The lowest BCUT2D eigenvalue weighted by molar-refractivity contribution is -0.138. The lowest BCUT2D eigenvalue weighted by Gasteiger charge is -2.15. The number of benzene rings is 3. The Kier molecular flexibility index (Phi) is 8.28. The maximum atomic E-state index is 13.9. The van der Waals surface area contributed by atoms with Crippen LogP contribution in [0.15, 0.2) is 77.8 Å². The zero-order valence-electron chi connectivity index (χ0n) is 18.8. The molecule has 188 valence electrons. The first kappa shape index (κ1) is 26.8. The standard InChI is InChI=1S/C27H16Cl2F4N2OS/c28-19-6-3-18(24(29)11-19)15-37-26-22(13-34)23(27(31,32)33)12-25(35-26)17-4-9-21(10-5-17)36-14-16-1-7-20(30)8-2-16/h1-12H,14-15H2. The van der Waals surface area contributed by atoms with Gasteiger partial charge in [0.2, 0.25) is 0 Å². The lowest BCUT2D eigenvalue weighted by Crippen LogP contribution is -2.10. The van der Waals surface area contributed by atoms with Crippen molar-refractivity contribution in [2.24, 2.45) is 0 Å². The first-order valence-electron chi connectivity index (χ1n) is 10.7. The summed E-state index contributed by atoms with van der Waals surface area (Å²) in [6, 6.07) is 19.6. The van der Waals surface area contributed by atoms with Gasteiger partial charge < -0.3 is 4.74 Å². The highest BCUT2D eigenvalue weighted by atomic mass is 35.5. The summed E-state index contributed by atoms with van der Waals surface area (Å²) in [5.74, 6) is 0.314. The third kappa shape index (κ3) is 6.75. The summed E-state index contributed by atoms with van der Waals surface area (Å²) >= 11 is 13.1. The third-order valence-corrected chi connectivity index (χ3v) is 6.86. The van der Waals surface area contributed by atoms with Crippen molar-refractivity contribution >= 4 is 35.0 Å². The summed E-state index contributed by atoms with van der Waals surface area (Å²) in [5, 5.41) is 10.3. The number of rotatable bonds is 7. The van der Waals surface area contributed by atoms with Gasteiger partial charge in [0, 0.05) is 21.4 Å². The summed E-state index contributed by atoms with van der Waals surface area (Å²) in [6.45, 7) is 0.195. The van der Waals surface area contributed by atoms with E-state index in [1.807, 2.05) is 0 Å². The van der Waals surface area contributed by atoms with E-state index < -0.39 is 17.3 Å². The van der Waals surface area contributed by atoms with Crippen molar-refractivity contribution in [1.29, 1.82) is 5.26 Å². The number of nitriles is 1. The van der Waals surface area contributed by atoms with Crippen molar-refractivity contribution in [3.63, 3.8) is 0 Å². The van der Waals surface area contributed by atoms with Gasteiger partial charge in [0.1, 0.15) is 29.3 Å². The predicted octanol–water partition coefficient (Wildman–Crippen LogP) is 8.96. The molecule has 37 heavy (non-hydrogen) atoms. The van der Waals surface area contributed by atoms with E-state index in [0.717, 1.165) is 23.4 Å². The molecule has 10 heteroatoms. The molecule has 0 saturated carbocycles. The Hall–Kier alpha value is -3.25. The highest BCUT2D eigenvalue weighted by molar-refractivity contribution is 7.98. The summed E-state index contributed by atoms with van der Waals surface area (Å²) in [7, 11) is 0. The summed E-state index contributed by atoms with van der Waals surface area (Å²) in [4.78, 5) is 4.38. The second-order valence-corrected chi connectivity index (χ2v) is 9.62. The van der Waals surface area contributed by atoms with Crippen LogP contribution in [0.25, 0.3) is 11.3 Å². The second kappa shape index (κ2) is 11.4. The minimum Gasteiger partial charge on any atom is -0.489 e. The minimum atomic E-state index is -4.76. The molecule has 1 aromatic heterocycles. The third-order valence-electron chi connectivity index (χ3n) is 5.25. The van der Waals surface area contributed by atoms with Gasteiger partial charge in [-0.05, 0) is 65.7 Å². The van der Waals surface area contributed by atoms with Gasteiger partial charge in [-0.1, -0.05) is 41.4 Å². The Morgan fingerprint density at radius 3 is 2.27 bits per heavy atom. The molecule has 1 heterocycles. The maximum Gasteiger partial charge on any atom is 0.417 e. The molecule has 0 aliphatic heterocycles. The zero-order valence-corrected chi connectivity index (χ0v) is 21.1. The predicted molar refractivity (Wildman–Crippen MR) is 136 cm³/mol. The van der Waals surface area contributed by atoms with Crippen molar-refractivity contribution < 1.29 is 22.3 Å². The van der Waals surface area contributed by atoms with Crippen LogP contribution >= 0.6 is 35.0 Å². The molecule has 0 bridgehead atoms. The Bertz CT molecular complexity index is 1450. The molecule has 0 atom stereocenters. The number of pyridine rings is 1. The molecule has 4 rings (SSSR count). The summed E-state index contributed by atoms with van der Waals surface area (Å²) in [6.07, 6.45) is -4.76. The van der Waals surface area contributed by atoms with Gasteiger partial charge in [-0.2, -0.15) is 18.4 Å². The SMILES string of the molecule is N#Cc1c(C(F)(F)F)cc(-c2ccc(OCc3ccc(F)cc3)cc2)nc1SCc1ccc(Cl)cc1Cl. The Morgan fingerprint density at radius 2 is 1.65 bits per heavy atom. The van der Waals surface area contributed by atoms with Gasteiger partial charge in [-0.3, -0.25) is 0 Å². The molecule has 0 spiro atoms. The van der Waals surface area contributed by atoms with Crippen LogP contribution in [0.3, 0.4) is 0 Å². The van der Waals surface area contributed by atoms with E-state index in [-0.39, 0.29) is 28.9 Å². The first-order valence-corrected chi connectivity index (χ1v) is 12.4. The second-order valence-electron chi connectivity index (χ2n) is 7.81. The fraction of sp³-hybridized carbons (Fsp3) is 0.111. The summed E-state index contributed by atoms with van der Waals surface area (Å²) < 4.78 is 60.3. The van der Waals surface area contributed by atoms with Crippen LogP contribution in [0.1, 0.15) is 22.3 Å². The fourth-order valence-electron chi connectivity index (χ4n) is 3.36. The lowest BCUT2D eigenvalue weighted by atomic mass is 10.1. The molecule has 0 radical (unpaired) electrons. The molecule has 0 saturated heterocycles. The minimum absolute atomic E-state index is 0.0566. The van der Waals surface area contributed by atoms with Crippen LogP contribution in [-0.2, 0) is 18.5 Å². The first-order chi connectivity index (χ1) is 17.6. The van der Waals surface area contributed by atoms with Gasteiger partial charge in [-0.15, -0.1) is 11.8 Å². The van der Waals surface area contributed by atoms with Gasteiger partial charge in [0.15, 0.2) is 0 Å². The average Bonchev–Trinajstić information content (AvgIpc) is 2.87. The van der Waals surface area contributed by atoms with E-state index in [1.165, 1.54) is 18.2 Å². The maximum absolute atomic E-state index is 13.9. The number of hydrogen-bond acceptors (Lipinski definition) is 4. The highest BCUT2D eigenvalue weighted by Crippen LogP contribution is 2.39. The summed E-state index contributed by atoms with van der Waals surface area (Å²) in [5.41, 5.74) is 0.253. The van der Waals surface area contributed by atoms with E-state index >= 15 is 0 Å². The number of ether oxygens (including phenoxy) is 1. The zero-order chi connectivity index (χ0) is 26.6. The average molecular weight is 563 g/mol. The van der Waals surface area contributed by atoms with Crippen LogP contribution in [0, 0.1) is 17.1 Å². The molecule has 0 fully saturated rings. The Balaban J connectivity index is 1.61. The molecular formula is C27H16Cl2F4N2OS. The van der Waals surface area contributed by atoms with E-state index in [9.17, 15) is 22.8 Å². The molecule has 3 nitrogen and oxygen atoms in total. The van der Waals surface area contributed by atoms with Gasteiger partial charge in [-0.25, -0.2) is 9.37 Å². The van der Waals surface area contributed by atoms with Crippen molar-refractivity contribution in [2.75, 3.05) is 0 Å². The Labute approximate surface area is 224 Å². The van der Waals surface area contributed by atoms with Crippen LogP contribution < -0.4 is 4.74 Å². The largest absolute Gasteiger partial charge is 0.489 e. The normalized spacial score (nSPS) is 11.3. The van der Waals surface area contributed by atoms with Crippen molar-refractivity contribution in [3.8, 4) is 23.1 Å². The van der Waals surface area contributed by atoms with Crippen LogP contribution in [0.2, 0.25) is 10.0 Å². The van der Waals surface area contributed by atoms with Crippen molar-refractivity contribution in [1.82, 2.24) is 4.98 Å². The molecule has 0 amide bonds. The van der Waals surface area contributed by atoms with Gasteiger partial charge in [0.05, 0.1) is 16.8 Å². The van der Waals surface area contributed by atoms with Crippen molar-refractivity contribution in [2.45, 2.75) is 23.6 Å². The molecule has 3 aromatic carbocycles. The molecular weight excluding hydrogens is 547 g/mol. The number of nitrogens with zero attached hydrogens (tertiary/aromatic N) is 2. The fourth-order valence-corrected chi connectivity index (χ4v) is 4.92. The topological polar surface area (TPSA) is 45.9 Å². The van der Waals surface area contributed by atoms with Gasteiger partial charge >= 0.3 is 6.18 Å².